The number of benzene rings is 1. The number of piperidine rings is 1. The molecule has 172 valence electrons. The molecule has 1 fully saturated rings. The third kappa shape index (κ3) is 5.17. The van der Waals surface area contributed by atoms with Crippen LogP contribution in [0.2, 0.25) is 10.0 Å². The molecule has 0 unspecified atom stereocenters. The summed E-state index contributed by atoms with van der Waals surface area (Å²) in [5.41, 5.74) is 2.41. The summed E-state index contributed by atoms with van der Waals surface area (Å²) in [6, 6.07) is 4.87. The van der Waals surface area contributed by atoms with Crippen molar-refractivity contribution >= 4 is 40.9 Å². The quantitative estimate of drug-likeness (QED) is 0.358. The van der Waals surface area contributed by atoms with Crippen LogP contribution < -0.4 is 0 Å². The summed E-state index contributed by atoms with van der Waals surface area (Å²) in [5.74, 6) is -0.863. The fourth-order valence-electron chi connectivity index (χ4n) is 3.95. The maximum absolute atomic E-state index is 13.1. The highest BCUT2D eigenvalue weighted by atomic mass is 35.5. The predicted molar refractivity (Wildman–Crippen MR) is 122 cm³/mol. The van der Waals surface area contributed by atoms with Crippen molar-refractivity contribution in [3.63, 3.8) is 0 Å². The number of amides is 1. The molecular weight excluding hydrogens is 455 g/mol. The number of ether oxygens (including phenoxy) is 2. The van der Waals surface area contributed by atoms with Crippen molar-refractivity contribution in [2.45, 2.75) is 26.7 Å². The summed E-state index contributed by atoms with van der Waals surface area (Å²) in [7, 11) is 1.53. The SMILES string of the molecule is COCCOC(=O)c1c(C)[nH]c(C(=O)N2CCC(C(=O)c3ccc(Cl)c(Cl)c3)CC2)c1C. The number of hydrogen-bond acceptors (Lipinski definition) is 5. The minimum Gasteiger partial charge on any atom is -0.460 e. The van der Waals surface area contributed by atoms with Crippen molar-refractivity contribution in [3.8, 4) is 0 Å². The van der Waals surface area contributed by atoms with E-state index in [0.29, 0.717) is 70.7 Å². The second kappa shape index (κ2) is 10.5. The highest BCUT2D eigenvalue weighted by Crippen LogP contribution is 2.28. The Labute approximate surface area is 197 Å². The van der Waals surface area contributed by atoms with Gasteiger partial charge in [-0.15, -0.1) is 0 Å². The van der Waals surface area contributed by atoms with Gasteiger partial charge < -0.3 is 19.4 Å². The van der Waals surface area contributed by atoms with E-state index in [1.165, 1.54) is 7.11 Å². The van der Waals surface area contributed by atoms with Gasteiger partial charge in [-0.25, -0.2) is 4.79 Å². The number of aryl methyl sites for hydroxylation is 1. The van der Waals surface area contributed by atoms with Gasteiger partial charge in [-0.3, -0.25) is 9.59 Å². The van der Waals surface area contributed by atoms with E-state index in [-0.39, 0.29) is 24.2 Å². The van der Waals surface area contributed by atoms with Crippen molar-refractivity contribution in [1.29, 1.82) is 0 Å². The van der Waals surface area contributed by atoms with Crippen LogP contribution in [0.25, 0.3) is 0 Å². The second-order valence-electron chi connectivity index (χ2n) is 7.81. The van der Waals surface area contributed by atoms with Crippen molar-refractivity contribution in [2.75, 3.05) is 33.4 Å². The maximum Gasteiger partial charge on any atom is 0.340 e. The Morgan fingerprint density at radius 2 is 1.78 bits per heavy atom. The molecule has 1 saturated heterocycles. The Bertz CT molecular complexity index is 1030. The lowest BCUT2D eigenvalue weighted by molar-refractivity contribution is 0.0386. The van der Waals surface area contributed by atoms with Crippen molar-refractivity contribution < 1.29 is 23.9 Å². The normalized spacial score (nSPS) is 14.5. The molecule has 1 amide bonds. The summed E-state index contributed by atoms with van der Waals surface area (Å²) in [4.78, 5) is 43.1. The molecule has 0 aliphatic carbocycles. The number of methoxy groups -OCH3 is 1. The van der Waals surface area contributed by atoms with Crippen molar-refractivity contribution in [1.82, 2.24) is 9.88 Å². The van der Waals surface area contributed by atoms with Crippen LogP contribution >= 0.6 is 23.2 Å². The number of esters is 1. The molecule has 0 bridgehead atoms. The van der Waals surface area contributed by atoms with Gasteiger partial charge in [0, 0.05) is 37.4 Å². The monoisotopic (exact) mass is 480 g/mol. The van der Waals surface area contributed by atoms with E-state index in [0.717, 1.165) is 0 Å². The number of nitrogens with one attached hydrogen (secondary N) is 1. The topological polar surface area (TPSA) is 88.7 Å². The molecule has 1 N–H and O–H groups in total. The van der Waals surface area contributed by atoms with Gasteiger partial charge in [-0.2, -0.15) is 0 Å². The molecule has 1 aliphatic heterocycles. The Balaban J connectivity index is 1.65. The summed E-state index contributed by atoms with van der Waals surface area (Å²) < 4.78 is 10.1. The highest BCUT2D eigenvalue weighted by molar-refractivity contribution is 6.42. The van der Waals surface area contributed by atoms with Crippen LogP contribution in [-0.4, -0.2) is 61.0 Å². The number of halogens is 2. The summed E-state index contributed by atoms with van der Waals surface area (Å²) >= 11 is 12.0. The van der Waals surface area contributed by atoms with E-state index in [4.69, 9.17) is 32.7 Å². The number of nitrogens with zero attached hydrogens (tertiary/aromatic N) is 1. The molecule has 0 radical (unpaired) electrons. The first-order valence-electron chi connectivity index (χ1n) is 10.4. The van der Waals surface area contributed by atoms with E-state index in [1.54, 1.807) is 36.9 Å². The number of ketones is 1. The number of carbonyl (C=O) groups excluding carboxylic acids is 3. The summed E-state index contributed by atoms with van der Waals surface area (Å²) in [6.45, 7) is 4.80. The van der Waals surface area contributed by atoms with Gasteiger partial charge in [0.25, 0.3) is 5.91 Å². The van der Waals surface area contributed by atoms with Gasteiger partial charge in [-0.05, 0) is 50.5 Å². The van der Waals surface area contributed by atoms with E-state index in [9.17, 15) is 14.4 Å². The number of hydrogen-bond donors (Lipinski definition) is 1. The first kappa shape index (κ1) is 24.3. The Hall–Kier alpha value is -2.35. The van der Waals surface area contributed by atoms with Crippen LogP contribution in [-0.2, 0) is 9.47 Å². The highest BCUT2D eigenvalue weighted by Gasteiger charge is 2.31. The van der Waals surface area contributed by atoms with E-state index < -0.39 is 5.97 Å². The molecule has 0 saturated carbocycles. The molecule has 2 aromatic rings. The molecule has 1 aromatic heterocycles. The molecule has 0 atom stereocenters. The molecule has 1 aromatic carbocycles. The van der Waals surface area contributed by atoms with E-state index in [2.05, 4.69) is 4.98 Å². The fraction of sp³-hybridized carbons (Fsp3) is 0.435. The lowest BCUT2D eigenvalue weighted by Crippen LogP contribution is -2.40. The number of H-pyrrole nitrogens is 1. The molecule has 2 heterocycles. The van der Waals surface area contributed by atoms with Crippen LogP contribution in [0.5, 0.6) is 0 Å². The fourth-order valence-corrected chi connectivity index (χ4v) is 4.25. The first-order valence-corrected chi connectivity index (χ1v) is 11.1. The molecule has 32 heavy (non-hydrogen) atoms. The zero-order valence-corrected chi connectivity index (χ0v) is 19.8. The molecule has 7 nitrogen and oxygen atoms in total. The van der Waals surface area contributed by atoms with Gasteiger partial charge in [0.2, 0.25) is 0 Å². The van der Waals surface area contributed by atoms with Crippen LogP contribution in [0.1, 0.15) is 55.3 Å². The molecule has 3 rings (SSSR count). The zero-order chi connectivity index (χ0) is 23.4. The molecule has 1 aliphatic rings. The van der Waals surface area contributed by atoms with E-state index >= 15 is 0 Å². The van der Waals surface area contributed by atoms with E-state index in [1.807, 2.05) is 0 Å². The molecule has 0 spiro atoms. The number of rotatable bonds is 7. The molecule has 9 heteroatoms. The van der Waals surface area contributed by atoms with Crippen molar-refractivity contribution in [2.24, 2.45) is 5.92 Å². The van der Waals surface area contributed by atoms with Gasteiger partial charge >= 0.3 is 5.97 Å². The van der Waals surface area contributed by atoms with Gasteiger partial charge in [0.05, 0.1) is 22.2 Å². The number of carbonyl (C=O) groups is 3. The van der Waals surface area contributed by atoms with Crippen LogP contribution in [0.15, 0.2) is 18.2 Å². The largest absolute Gasteiger partial charge is 0.460 e. The molecular formula is C23H26Cl2N2O5. The third-order valence-corrected chi connectivity index (χ3v) is 6.47. The average Bonchev–Trinajstić information content (AvgIpc) is 3.08. The smallest absolute Gasteiger partial charge is 0.340 e. The van der Waals surface area contributed by atoms with Crippen molar-refractivity contribution in [3.05, 3.63) is 56.3 Å². The Morgan fingerprint density at radius 3 is 2.41 bits per heavy atom. The van der Waals surface area contributed by atoms with Crippen LogP contribution in [0.4, 0.5) is 0 Å². The minimum atomic E-state index is -0.488. The predicted octanol–water partition coefficient (Wildman–Crippen LogP) is 4.48. The minimum absolute atomic E-state index is 0.00338. The average molecular weight is 481 g/mol. The number of likely N-dealkylation sites (tertiary alicyclic amines) is 1. The first-order chi connectivity index (χ1) is 15.2. The number of Topliss-reactive ketones (excluding diaryl/α,β-unsaturated/α-hetero) is 1. The summed E-state index contributed by atoms with van der Waals surface area (Å²) in [6.07, 6.45) is 1.10. The van der Waals surface area contributed by atoms with Gasteiger partial charge in [0.15, 0.2) is 5.78 Å². The second-order valence-corrected chi connectivity index (χ2v) is 8.63. The number of aromatic amines is 1. The summed E-state index contributed by atoms with van der Waals surface area (Å²) in [5, 5.41) is 0.751. The van der Waals surface area contributed by atoms with Crippen LogP contribution in [0, 0.1) is 19.8 Å². The maximum atomic E-state index is 13.1. The number of aromatic nitrogens is 1. The standard InChI is InChI=1S/C23H26Cl2N2O5/c1-13-19(23(30)32-11-10-31-3)14(2)26-20(13)22(29)27-8-6-15(7-9-27)21(28)16-4-5-17(24)18(25)12-16/h4-5,12,15,26H,6-11H2,1-3H3. The van der Waals surface area contributed by atoms with Crippen LogP contribution in [0.3, 0.4) is 0 Å². The lowest BCUT2D eigenvalue weighted by atomic mass is 9.88. The van der Waals surface area contributed by atoms with Gasteiger partial charge in [0.1, 0.15) is 12.3 Å². The Kier molecular flexibility index (Phi) is 7.98. The Morgan fingerprint density at radius 1 is 1.09 bits per heavy atom. The van der Waals surface area contributed by atoms with Gasteiger partial charge in [-0.1, -0.05) is 23.2 Å². The zero-order valence-electron chi connectivity index (χ0n) is 18.3. The third-order valence-electron chi connectivity index (χ3n) is 5.73. The lowest BCUT2D eigenvalue weighted by Gasteiger charge is -2.31.